The first-order valence-electron chi connectivity index (χ1n) is 19.8. The Morgan fingerprint density at radius 3 is 2.61 bits per heavy atom. The van der Waals surface area contributed by atoms with Crippen molar-refractivity contribution in [3.8, 4) is 0 Å². The van der Waals surface area contributed by atoms with Crippen LogP contribution < -0.4 is 5.32 Å². The van der Waals surface area contributed by atoms with Crippen LogP contribution in [-0.2, 0) is 14.3 Å². The normalized spacial score (nSPS) is 51.3. The van der Waals surface area contributed by atoms with E-state index in [2.05, 4.69) is 50.1 Å². The molecule has 254 valence electrons. The first kappa shape index (κ1) is 30.9. The van der Waals surface area contributed by atoms with Crippen molar-refractivity contribution in [3.05, 3.63) is 23.3 Å². The Morgan fingerprint density at radius 1 is 1.00 bits per heavy atom. The van der Waals surface area contributed by atoms with Gasteiger partial charge in [-0.05, 0) is 146 Å². The summed E-state index contributed by atoms with van der Waals surface area (Å²) in [6.07, 6.45) is 22.2. The second kappa shape index (κ2) is 10.7. The van der Waals surface area contributed by atoms with Crippen LogP contribution in [0.5, 0.6) is 0 Å². The molecule has 0 aromatic heterocycles. The molecule has 7 fully saturated rings. The zero-order valence-electron chi connectivity index (χ0n) is 29.6. The number of nitrogens with zero attached hydrogens (tertiary/aromatic N) is 1. The maximum absolute atomic E-state index is 12.4. The monoisotopic (exact) mass is 630 g/mol. The van der Waals surface area contributed by atoms with Gasteiger partial charge in [0, 0.05) is 31.2 Å². The molecule has 9 aliphatic rings. The maximum atomic E-state index is 12.4. The molecule has 9 rings (SSSR count). The molecule has 2 aliphatic heterocycles. The number of ether oxygens (including phenoxy) is 2. The van der Waals surface area contributed by atoms with Gasteiger partial charge in [0.2, 0.25) is 0 Å². The molecule has 0 radical (unpaired) electrons. The summed E-state index contributed by atoms with van der Waals surface area (Å²) in [6, 6.07) is 0.686. The number of hydrogen-bond acceptors (Lipinski definition) is 5. The molecule has 2 saturated heterocycles. The van der Waals surface area contributed by atoms with Crippen molar-refractivity contribution in [1.29, 1.82) is 0 Å². The standard InChI is InChI=1S/C41H62N2O3/c1-6-45-37(44)36-29-20-25(21-30(29)36)31-11-15-40(5)34(38(31,2)3)13-16-39(4)32-12-17-41(14-7-8-33(41)28(32)9-10-35(39)40)42-18-19-43-23-27-22-26(43)24-46-27/h11,20,26-30,32-36,42H,6-10,12-19,21-24H2,1-5H3/t26?,27?,28?,29?,30?,32?,33-,34?,35?,36?,39?,40?,41?/m1/s1. The Bertz CT molecular complexity index is 1320. The van der Waals surface area contributed by atoms with E-state index < -0.39 is 0 Å². The summed E-state index contributed by atoms with van der Waals surface area (Å²) in [6.45, 7) is 17.6. The van der Waals surface area contributed by atoms with E-state index in [9.17, 15) is 4.79 Å². The summed E-state index contributed by atoms with van der Waals surface area (Å²) in [5.74, 6) is 5.40. The van der Waals surface area contributed by atoms with E-state index in [0.717, 1.165) is 49.2 Å². The molecule has 2 heterocycles. The molecule has 5 saturated carbocycles. The molecule has 0 aromatic rings. The van der Waals surface area contributed by atoms with Crippen molar-refractivity contribution < 1.29 is 14.3 Å². The number of esters is 1. The molecule has 7 aliphatic carbocycles. The summed E-state index contributed by atoms with van der Waals surface area (Å²) in [4.78, 5) is 15.2. The highest BCUT2D eigenvalue weighted by atomic mass is 16.5. The van der Waals surface area contributed by atoms with Crippen molar-refractivity contribution in [2.45, 2.75) is 129 Å². The summed E-state index contributed by atoms with van der Waals surface area (Å²) >= 11 is 0. The lowest BCUT2D eigenvalue weighted by Gasteiger charge is -2.68. The SMILES string of the molecule is CCOC(=O)C1C2C=C(C3=CCC4(C)C(CCC5(C)C6CCC7(NCCN8CC9CC8CO9)CCC[C@@H]7C6CCC54)C3(C)C)CC21. The fourth-order valence-corrected chi connectivity index (χ4v) is 15.1. The number of hydrogen-bond donors (Lipinski definition) is 1. The second-order valence-electron chi connectivity index (χ2n) is 18.9. The van der Waals surface area contributed by atoms with Crippen molar-refractivity contribution in [3.63, 3.8) is 0 Å². The third-order valence-electron chi connectivity index (χ3n) is 17.0. The van der Waals surface area contributed by atoms with Gasteiger partial charge in [-0.25, -0.2) is 0 Å². The van der Waals surface area contributed by atoms with Crippen LogP contribution in [0.1, 0.15) is 112 Å². The van der Waals surface area contributed by atoms with Gasteiger partial charge in [-0.2, -0.15) is 0 Å². The van der Waals surface area contributed by atoms with E-state index in [1.165, 1.54) is 83.7 Å². The number of allylic oxidation sites excluding steroid dienone is 4. The van der Waals surface area contributed by atoms with Crippen LogP contribution >= 0.6 is 0 Å². The number of rotatable bonds is 7. The minimum atomic E-state index is 0.0389. The van der Waals surface area contributed by atoms with Crippen LogP contribution in [0.3, 0.4) is 0 Å². The van der Waals surface area contributed by atoms with E-state index in [4.69, 9.17) is 9.47 Å². The predicted octanol–water partition coefficient (Wildman–Crippen LogP) is 7.56. The number of fused-ring (bicyclic) bond motifs is 10. The molecule has 12 unspecified atom stereocenters. The molecule has 5 heteroatoms. The van der Waals surface area contributed by atoms with Crippen molar-refractivity contribution in [2.24, 2.45) is 63.6 Å². The largest absolute Gasteiger partial charge is 0.466 e. The van der Waals surface area contributed by atoms with E-state index >= 15 is 0 Å². The van der Waals surface area contributed by atoms with Gasteiger partial charge >= 0.3 is 5.97 Å². The molecule has 2 bridgehead atoms. The highest BCUT2D eigenvalue weighted by Gasteiger charge is 2.66. The quantitative estimate of drug-likeness (QED) is 0.294. The maximum Gasteiger partial charge on any atom is 0.309 e. The van der Waals surface area contributed by atoms with E-state index in [1.807, 2.05) is 6.92 Å². The summed E-state index contributed by atoms with van der Waals surface area (Å²) < 4.78 is 11.3. The summed E-state index contributed by atoms with van der Waals surface area (Å²) in [7, 11) is 0. The van der Waals surface area contributed by atoms with Gasteiger partial charge in [-0.1, -0.05) is 46.3 Å². The molecule has 0 spiro atoms. The lowest BCUT2D eigenvalue weighted by atomic mass is 9.37. The van der Waals surface area contributed by atoms with Gasteiger partial charge in [-0.15, -0.1) is 0 Å². The third kappa shape index (κ3) is 4.31. The molecule has 0 amide bonds. The highest BCUT2D eigenvalue weighted by Crippen LogP contribution is 2.73. The van der Waals surface area contributed by atoms with E-state index in [-0.39, 0.29) is 17.3 Å². The number of carbonyl (C=O) groups is 1. The van der Waals surface area contributed by atoms with Gasteiger partial charge in [0.25, 0.3) is 0 Å². The minimum Gasteiger partial charge on any atom is -0.466 e. The Hall–Kier alpha value is -1.17. The average molecular weight is 631 g/mol. The van der Waals surface area contributed by atoms with Crippen LogP contribution in [0.4, 0.5) is 0 Å². The summed E-state index contributed by atoms with van der Waals surface area (Å²) in [5.41, 5.74) is 4.69. The smallest absolute Gasteiger partial charge is 0.309 e. The number of likely N-dealkylation sites (tertiary alicyclic amines) is 1. The van der Waals surface area contributed by atoms with Gasteiger partial charge in [0.1, 0.15) is 0 Å². The van der Waals surface area contributed by atoms with Gasteiger partial charge < -0.3 is 14.8 Å². The van der Waals surface area contributed by atoms with Gasteiger partial charge in [0.15, 0.2) is 0 Å². The molecule has 13 atom stereocenters. The topological polar surface area (TPSA) is 50.8 Å². The van der Waals surface area contributed by atoms with Crippen molar-refractivity contribution in [1.82, 2.24) is 10.2 Å². The average Bonchev–Trinajstić information content (AvgIpc) is 3.57. The Balaban J connectivity index is 0.905. The molecular weight excluding hydrogens is 568 g/mol. The number of carbonyl (C=O) groups excluding carboxylic acids is 1. The van der Waals surface area contributed by atoms with E-state index in [0.29, 0.717) is 47.0 Å². The molecule has 5 nitrogen and oxygen atoms in total. The third-order valence-corrected chi connectivity index (χ3v) is 17.0. The van der Waals surface area contributed by atoms with Crippen molar-refractivity contribution >= 4 is 5.97 Å². The second-order valence-corrected chi connectivity index (χ2v) is 18.9. The molecule has 46 heavy (non-hydrogen) atoms. The van der Waals surface area contributed by atoms with Crippen LogP contribution in [0.2, 0.25) is 0 Å². The number of morpholine rings is 1. The Morgan fingerprint density at radius 2 is 1.87 bits per heavy atom. The Kier molecular flexibility index (Phi) is 7.15. The zero-order valence-corrected chi connectivity index (χ0v) is 29.6. The molecular formula is C41H62N2O3. The highest BCUT2D eigenvalue weighted by molar-refractivity contribution is 5.78. The molecule has 1 N–H and O–H groups in total. The lowest BCUT2D eigenvalue weighted by molar-refractivity contribution is -0.175. The first-order valence-corrected chi connectivity index (χ1v) is 19.8. The minimum absolute atomic E-state index is 0.0389. The fourth-order valence-electron chi connectivity index (χ4n) is 15.1. The van der Waals surface area contributed by atoms with Gasteiger partial charge in [0.05, 0.1) is 25.2 Å². The Labute approximate surface area is 279 Å². The van der Waals surface area contributed by atoms with Crippen LogP contribution in [-0.4, -0.2) is 61.4 Å². The zero-order chi connectivity index (χ0) is 31.6. The lowest BCUT2D eigenvalue weighted by Crippen LogP contribution is -2.64. The van der Waals surface area contributed by atoms with Crippen LogP contribution in [0, 0.1) is 63.6 Å². The molecule has 0 aromatic carbocycles. The van der Waals surface area contributed by atoms with Crippen LogP contribution in [0.25, 0.3) is 0 Å². The van der Waals surface area contributed by atoms with Crippen LogP contribution in [0.15, 0.2) is 23.3 Å². The van der Waals surface area contributed by atoms with Crippen molar-refractivity contribution in [2.75, 3.05) is 32.8 Å². The summed E-state index contributed by atoms with van der Waals surface area (Å²) in [5, 5.41) is 4.30. The fraction of sp³-hybridized carbons (Fsp3) is 0.878. The van der Waals surface area contributed by atoms with E-state index in [1.54, 1.807) is 11.1 Å². The van der Waals surface area contributed by atoms with Gasteiger partial charge in [-0.3, -0.25) is 9.69 Å². The first-order chi connectivity index (χ1) is 22.1. The predicted molar refractivity (Wildman–Crippen MR) is 182 cm³/mol. The number of nitrogens with one attached hydrogen (secondary N) is 1.